The van der Waals surface area contributed by atoms with Crippen molar-refractivity contribution in [2.75, 3.05) is 26.7 Å². The maximum atomic E-state index is 13.3. The number of hydrogen-bond acceptors (Lipinski definition) is 4. The number of amides is 1. The molecule has 1 atom stereocenters. The molecule has 5 heteroatoms. The molecule has 1 heterocycles. The molecule has 31 heavy (non-hydrogen) atoms. The maximum absolute atomic E-state index is 13.3. The zero-order chi connectivity index (χ0) is 21.7. The Balaban J connectivity index is 1.51. The Morgan fingerprint density at radius 2 is 1.90 bits per heavy atom. The van der Waals surface area contributed by atoms with Crippen LogP contribution in [0.25, 0.3) is 0 Å². The first-order chi connectivity index (χ1) is 15.1. The van der Waals surface area contributed by atoms with Crippen LogP contribution in [0.1, 0.15) is 54.8 Å². The van der Waals surface area contributed by atoms with Crippen molar-refractivity contribution in [3.63, 3.8) is 0 Å². The van der Waals surface area contributed by atoms with Crippen LogP contribution in [0.15, 0.2) is 48.5 Å². The van der Waals surface area contributed by atoms with Crippen LogP contribution in [0.2, 0.25) is 0 Å². The van der Waals surface area contributed by atoms with Crippen molar-refractivity contribution in [3.05, 3.63) is 65.2 Å². The number of fused-ring (bicyclic) bond motifs is 1. The lowest BCUT2D eigenvalue weighted by molar-refractivity contribution is -0.133. The van der Waals surface area contributed by atoms with Gasteiger partial charge in [0.2, 0.25) is 5.91 Å². The minimum atomic E-state index is -0.667. The van der Waals surface area contributed by atoms with Gasteiger partial charge in [-0.25, -0.2) is 0 Å². The van der Waals surface area contributed by atoms with Gasteiger partial charge in [-0.05, 0) is 42.9 Å². The normalized spacial score (nSPS) is 20.2. The van der Waals surface area contributed by atoms with Crippen LogP contribution in [-0.4, -0.2) is 48.3 Å². The summed E-state index contributed by atoms with van der Waals surface area (Å²) >= 11 is 0. The highest BCUT2D eigenvalue weighted by Crippen LogP contribution is 2.38. The molecule has 1 aliphatic heterocycles. The summed E-state index contributed by atoms with van der Waals surface area (Å²) in [4.78, 5) is 15.3. The third-order valence-electron chi connectivity index (χ3n) is 6.81. The van der Waals surface area contributed by atoms with E-state index < -0.39 is 5.60 Å². The first-order valence-corrected chi connectivity index (χ1v) is 11.5. The molecule has 2 aromatic rings. The topological polar surface area (TPSA) is 61.8 Å². The molecule has 2 N–H and O–H groups in total. The quantitative estimate of drug-likeness (QED) is 0.715. The van der Waals surface area contributed by atoms with E-state index in [0.29, 0.717) is 13.1 Å². The average Bonchev–Trinajstić information content (AvgIpc) is 2.79. The Labute approximate surface area is 185 Å². The monoisotopic (exact) mass is 422 g/mol. The van der Waals surface area contributed by atoms with Gasteiger partial charge >= 0.3 is 0 Å². The fourth-order valence-electron chi connectivity index (χ4n) is 5.15. The van der Waals surface area contributed by atoms with Crippen molar-refractivity contribution < 1.29 is 14.6 Å². The molecule has 1 saturated carbocycles. The Bertz CT molecular complexity index is 863. The molecule has 1 fully saturated rings. The van der Waals surface area contributed by atoms with E-state index in [0.717, 1.165) is 49.8 Å². The molecule has 0 radical (unpaired) electrons. The Hall–Kier alpha value is -2.37. The van der Waals surface area contributed by atoms with Crippen LogP contribution in [0.3, 0.4) is 0 Å². The second-order valence-corrected chi connectivity index (χ2v) is 8.96. The number of carbonyl (C=O) groups is 1. The van der Waals surface area contributed by atoms with Gasteiger partial charge in [0.25, 0.3) is 0 Å². The van der Waals surface area contributed by atoms with Gasteiger partial charge in [0.05, 0.1) is 25.3 Å². The van der Waals surface area contributed by atoms with Gasteiger partial charge in [-0.1, -0.05) is 61.7 Å². The predicted molar refractivity (Wildman–Crippen MR) is 122 cm³/mol. The van der Waals surface area contributed by atoms with Gasteiger partial charge in [-0.3, -0.25) is 4.79 Å². The SMILES string of the molecule is COc1cccc2c1C(Cc1ccccc1)N(C(=O)CNCC1(O)CCCCC1)CC2. The van der Waals surface area contributed by atoms with Gasteiger partial charge in [-0.2, -0.15) is 0 Å². The molecule has 4 rings (SSSR count). The molecule has 2 aromatic carbocycles. The van der Waals surface area contributed by atoms with Crippen LogP contribution in [0.5, 0.6) is 5.75 Å². The van der Waals surface area contributed by atoms with Gasteiger partial charge in [-0.15, -0.1) is 0 Å². The zero-order valence-electron chi connectivity index (χ0n) is 18.5. The van der Waals surface area contributed by atoms with Crippen LogP contribution in [-0.2, 0) is 17.6 Å². The van der Waals surface area contributed by atoms with E-state index in [4.69, 9.17) is 4.74 Å². The van der Waals surface area contributed by atoms with E-state index in [1.807, 2.05) is 35.2 Å². The highest BCUT2D eigenvalue weighted by molar-refractivity contribution is 5.79. The molecule has 2 aliphatic rings. The highest BCUT2D eigenvalue weighted by Gasteiger charge is 2.34. The molecular formula is C26H34N2O3. The largest absolute Gasteiger partial charge is 0.496 e. The summed E-state index contributed by atoms with van der Waals surface area (Å²) in [5.74, 6) is 0.928. The molecule has 0 saturated heterocycles. The smallest absolute Gasteiger partial charge is 0.237 e. The number of methoxy groups -OCH3 is 1. The lowest BCUT2D eigenvalue weighted by atomic mass is 9.85. The molecule has 1 amide bonds. The number of nitrogens with one attached hydrogen (secondary N) is 1. The standard InChI is InChI=1S/C26H34N2O3/c1-31-23-12-8-11-21-13-16-28(22(25(21)23)17-20-9-4-2-5-10-20)24(29)18-27-19-26(30)14-6-3-7-15-26/h2,4-5,8-12,22,27,30H,3,6-7,13-19H2,1H3. The third-order valence-corrected chi connectivity index (χ3v) is 6.81. The molecule has 0 bridgehead atoms. The van der Waals surface area contributed by atoms with E-state index in [2.05, 4.69) is 23.5 Å². The number of rotatable bonds is 7. The molecule has 1 aliphatic carbocycles. The lowest BCUT2D eigenvalue weighted by Crippen LogP contribution is -2.48. The summed E-state index contributed by atoms with van der Waals surface area (Å²) in [6.07, 6.45) is 6.54. The van der Waals surface area contributed by atoms with E-state index >= 15 is 0 Å². The molecule has 1 unspecified atom stereocenters. The van der Waals surface area contributed by atoms with Crippen molar-refractivity contribution >= 4 is 5.91 Å². The molecule has 0 aromatic heterocycles. The van der Waals surface area contributed by atoms with Crippen molar-refractivity contribution in [3.8, 4) is 5.75 Å². The summed E-state index contributed by atoms with van der Waals surface area (Å²) in [6.45, 7) is 1.43. The fourth-order valence-corrected chi connectivity index (χ4v) is 5.15. The summed E-state index contributed by atoms with van der Waals surface area (Å²) in [7, 11) is 1.70. The van der Waals surface area contributed by atoms with Gasteiger partial charge in [0, 0.05) is 18.7 Å². The van der Waals surface area contributed by atoms with Crippen LogP contribution in [0, 0.1) is 0 Å². The van der Waals surface area contributed by atoms with Gasteiger partial charge in [0.1, 0.15) is 5.75 Å². The van der Waals surface area contributed by atoms with E-state index in [9.17, 15) is 9.90 Å². The highest BCUT2D eigenvalue weighted by atomic mass is 16.5. The second-order valence-electron chi connectivity index (χ2n) is 8.96. The molecule has 166 valence electrons. The maximum Gasteiger partial charge on any atom is 0.237 e. The van der Waals surface area contributed by atoms with Crippen molar-refractivity contribution in [1.82, 2.24) is 10.2 Å². The van der Waals surface area contributed by atoms with Crippen molar-refractivity contribution in [2.45, 2.75) is 56.6 Å². The third kappa shape index (κ3) is 5.10. The van der Waals surface area contributed by atoms with Crippen LogP contribution < -0.4 is 10.1 Å². The van der Waals surface area contributed by atoms with Crippen LogP contribution >= 0.6 is 0 Å². The fraction of sp³-hybridized carbons (Fsp3) is 0.500. The molecule has 0 spiro atoms. The lowest BCUT2D eigenvalue weighted by Gasteiger charge is -2.39. The van der Waals surface area contributed by atoms with E-state index in [1.165, 1.54) is 17.5 Å². The first-order valence-electron chi connectivity index (χ1n) is 11.5. The number of ether oxygens (including phenoxy) is 1. The average molecular weight is 423 g/mol. The Morgan fingerprint density at radius 1 is 1.13 bits per heavy atom. The number of aliphatic hydroxyl groups is 1. The molecule has 5 nitrogen and oxygen atoms in total. The summed E-state index contributed by atoms with van der Waals surface area (Å²) < 4.78 is 5.70. The number of carbonyl (C=O) groups excluding carboxylic acids is 1. The van der Waals surface area contributed by atoms with E-state index in [-0.39, 0.29) is 18.5 Å². The summed E-state index contributed by atoms with van der Waals surface area (Å²) in [5, 5.41) is 14.0. The zero-order valence-corrected chi connectivity index (χ0v) is 18.5. The molecular weight excluding hydrogens is 388 g/mol. The minimum absolute atomic E-state index is 0.0608. The summed E-state index contributed by atoms with van der Waals surface area (Å²) in [5.41, 5.74) is 2.92. The van der Waals surface area contributed by atoms with Crippen molar-refractivity contribution in [1.29, 1.82) is 0 Å². The Kier molecular flexibility index (Phi) is 6.93. The van der Waals surface area contributed by atoms with Gasteiger partial charge < -0.3 is 20.1 Å². The van der Waals surface area contributed by atoms with E-state index in [1.54, 1.807) is 7.11 Å². The summed E-state index contributed by atoms with van der Waals surface area (Å²) in [6, 6.07) is 16.4. The number of benzene rings is 2. The Morgan fingerprint density at radius 3 is 2.65 bits per heavy atom. The minimum Gasteiger partial charge on any atom is -0.496 e. The van der Waals surface area contributed by atoms with Gasteiger partial charge in [0.15, 0.2) is 0 Å². The second kappa shape index (κ2) is 9.84. The van der Waals surface area contributed by atoms with Crippen molar-refractivity contribution in [2.24, 2.45) is 0 Å². The van der Waals surface area contributed by atoms with Crippen LogP contribution in [0.4, 0.5) is 0 Å². The predicted octanol–water partition coefficient (Wildman–Crippen LogP) is 3.65. The number of nitrogens with zero attached hydrogens (tertiary/aromatic N) is 1. The number of hydrogen-bond donors (Lipinski definition) is 2. The first kappa shape index (κ1) is 21.8.